The van der Waals surface area contributed by atoms with Crippen molar-refractivity contribution >= 4 is 35.1 Å². The van der Waals surface area contributed by atoms with Crippen molar-refractivity contribution < 1.29 is 23.5 Å². The molecule has 0 saturated heterocycles. The van der Waals surface area contributed by atoms with Gasteiger partial charge in [-0.1, -0.05) is 17.7 Å². The highest BCUT2D eigenvalue weighted by atomic mass is 35.5. The smallest absolute Gasteiger partial charge is 0.326 e. The SMILES string of the molecule is C[C@@H](OC(=O)CNC(=O)c1cc(Cl)ccn1)C(=O)Nc1cccc(F)c1. The Hall–Kier alpha value is -3.00. The zero-order valence-electron chi connectivity index (χ0n) is 13.7. The summed E-state index contributed by atoms with van der Waals surface area (Å²) in [4.78, 5) is 39.3. The van der Waals surface area contributed by atoms with E-state index in [1.807, 2.05) is 0 Å². The van der Waals surface area contributed by atoms with Crippen LogP contribution in [0.1, 0.15) is 17.4 Å². The van der Waals surface area contributed by atoms with Gasteiger partial charge in [0.25, 0.3) is 11.8 Å². The highest BCUT2D eigenvalue weighted by molar-refractivity contribution is 6.30. The molecule has 2 amide bonds. The zero-order valence-corrected chi connectivity index (χ0v) is 14.4. The van der Waals surface area contributed by atoms with Crippen LogP contribution in [-0.4, -0.2) is 35.4 Å². The first-order valence-corrected chi connectivity index (χ1v) is 7.88. The number of anilines is 1. The molecular weight excluding hydrogens is 365 g/mol. The third-order valence-electron chi connectivity index (χ3n) is 3.12. The summed E-state index contributed by atoms with van der Waals surface area (Å²) in [6.45, 7) is 0.900. The number of aromatic nitrogens is 1. The van der Waals surface area contributed by atoms with E-state index in [1.165, 1.54) is 43.5 Å². The van der Waals surface area contributed by atoms with Crippen molar-refractivity contribution in [3.05, 3.63) is 59.1 Å². The second-order valence-electron chi connectivity index (χ2n) is 5.17. The molecule has 0 aliphatic rings. The molecule has 1 aromatic carbocycles. The highest BCUT2D eigenvalue weighted by Gasteiger charge is 2.19. The summed E-state index contributed by atoms with van der Waals surface area (Å²) in [7, 11) is 0. The Morgan fingerprint density at radius 3 is 2.73 bits per heavy atom. The second-order valence-corrected chi connectivity index (χ2v) is 5.61. The Morgan fingerprint density at radius 2 is 2.04 bits per heavy atom. The molecule has 2 rings (SSSR count). The van der Waals surface area contributed by atoms with E-state index in [0.29, 0.717) is 5.02 Å². The third kappa shape index (κ3) is 5.82. The number of hydrogen-bond donors (Lipinski definition) is 2. The predicted octanol–water partition coefficient (Wildman–Crippen LogP) is 2.17. The minimum Gasteiger partial charge on any atom is -0.451 e. The van der Waals surface area contributed by atoms with Crippen molar-refractivity contribution in [3.63, 3.8) is 0 Å². The van der Waals surface area contributed by atoms with Gasteiger partial charge in [-0.3, -0.25) is 19.4 Å². The van der Waals surface area contributed by atoms with Gasteiger partial charge in [0.15, 0.2) is 6.10 Å². The quantitative estimate of drug-likeness (QED) is 0.750. The number of ether oxygens (including phenoxy) is 1. The molecule has 136 valence electrons. The molecular formula is C17H15ClFN3O4. The number of halogens is 2. The van der Waals surface area contributed by atoms with Gasteiger partial charge in [0.1, 0.15) is 18.1 Å². The van der Waals surface area contributed by atoms with Crippen LogP contribution < -0.4 is 10.6 Å². The monoisotopic (exact) mass is 379 g/mol. The molecule has 0 bridgehead atoms. The van der Waals surface area contributed by atoms with E-state index in [9.17, 15) is 18.8 Å². The van der Waals surface area contributed by atoms with Gasteiger partial charge in [-0.05, 0) is 37.3 Å². The van der Waals surface area contributed by atoms with Crippen LogP contribution in [0.25, 0.3) is 0 Å². The number of benzene rings is 1. The van der Waals surface area contributed by atoms with E-state index in [4.69, 9.17) is 16.3 Å². The number of hydrogen-bond acceptors (Lipinski definition) is 5. The topological polar surface area (TPSA) is 97.4 Å². The van der Waals surface area contributed by atoms with Crippen molar-refractivity contribution in [3.8, 4) is 0 Å². The third-order valence-corrected chi connectivity index (χ3v) is 3.35. The Labute approximate surface area is 153 Å². The van der Waals surface area contributed by atoms with Crippen molar-refractivity contribution in [2.75, 3.05) is 11.9 Å². The lowest BCUT2D eigenvalue weighted by molar-refractivity contribution is -0.152. The number of amides is 2. The van der Waals surface area contributed by atoms with Gasteiger partial charge in [0, 0.05) is 16.9 Å². The molecule has 26 heavy (non-hydrogen) atoms. The number of esters is 1. The van der Waals surface area contributed by atoms with Gasteiger partial charge in [-0.25, -0.2) is 4.39 Å². The van der Waals surface area contributed by atoms with Gasteiger partial charge >= 0.3 is 5.97 Å². The number of rotatable bonds is 6. The molecule has 0 spiro atoms. The summed E-state index contributed by atoms with van der Waals surface area (Å²) in [6.07, 6.45) is 0.223. The van der Waals surface area contributed by atoms with Gasteiger partial charge in [0.2, 0.25) is 0 Å². The average molecular weight is 380 g/mol. The summed E-state index contributed by atoms with van der Waals surface area (Å²) in [5.74, 6) is -2.57. The molecule has 0 aliphatic heterocycles. The lowest BCUT2D eigenvalue weighted by Gasteiger charge is -2.14. The van der Waals surface area contributed by atoms with Crippen LogP contribution in [0.3, 0.4) is 0 Å². The predicted molar refractivity (Wildman–Crippen MR) is 92.2 cm³/mol. The van der Waals surface area contributed by atoms with E-state index in [1.54, 1.807) is 0 Å². The Bertz CT molecular complexity index is 831. The molecule has 2 N–H and O–H groups in total. The lowest BCUT2D eigenvalue weighted by Crippen LogP contribution is -2.36. The maximum absolute atomic E-state index is 13.1. The molecule has 1 atom stereocenters. The van der Waals surface area contributed by atoms with Gasteiger partial charge in [0.05, 0.1) is 0 Å². The van der Waals surface area contributed by atoms with E-state index >= 15 is 0 Å². The molecule has 7 nitrogen and oxygen atoms in total. The maximum atomic E-state index is 13.1. The minimum absolute atomic E-state index is 0.0437. The molecule has 9 heteroatoms. The number of pyridine rings is 1. The van der Waals surface area contributed by atoms with E-state index < -0.39 is 36.2 Å². The first-order chi connectivity index (χ1) is 12.3. The van der Waals surface area contributed by atoms with Crippen LogP contribution >= 0.6 is 11.6 Å². The van der Waals surface area contributed by atoms with Gasteiger partial charge in [-0.15, -0.1) is 0 Å². The van der Waals surface area contributed by atoms with E-state index in [-0.39, 0.29) is 11.4 Å². The summed E-state index contributed by atoms with van der Waals surface area (Å²) < 4.78 is 18.0. The zero-order chi connectivity index (χ0) is 19.1. The lowest BCUT2D eigenvalue weighted by atomic mass is 10.3. The summed E-state index contributed by atoms with van der Waals surface area (Å²) in [6, 6.07) is 8.14. The summed E-state index contributed by atoms with van der Waals surface area (Å²) >= 11 is 5.75. The molecule has 0 aliphatic carbocycles. The van der Waals surface area contributed by atoms with E-state index in [2.05, 4.69) is 15.6 Å². The van der Waals surface area contributed by atoms with E-state index in [0.717, 1.165) is 6.07 Å². The fourth-order valence-electron chi connectivity index (χ4n) is 1.87. The molecule has 0 fully saturated rings. The van der Waals surface area contributed by atoms with Crippen molar-refractivity contribution in [1.29, 1.82) is 0 Å². The molecule has 0 saturated carbocycles. The van der Waals surface area contributed by atoms with Crippen LogP contribution in [-0.2, 0) is 14.3 Å². The summed E-state index contributed by atoms with van der Waals surface area (Å²) in [5.41, 5.74) is 0.278. The fourth-order valence-corrected chi connectivity index (χ4v) is 2.03. The molecule has 0 radical (unpaired) electrons. The van der Waals surface area contributed by atoms with Crippen molar-refractivity contribution in [2.24, 2.45) is 0 Å². The number of nitrogens with one attached hydrogen (secondary N) is 2. The molecule has 0 unspecified atom stereocenters. The maximum Gasteiger partial charge on any atom is 0.326 e. The Morgan fingerprint density at radius 1 is 1.27 bits per heavy atom. The van der Waals surface area contributed by atoms with Crippen LogP contribution in [0.5, 0.6) is 0 Å². The Balaban J connectivity index is 1.81. The van der Waals surface area contributed by atoms with Gasteiger partial charge in [-0.2, -0.15) is 0 Å². The second kappa shape index (κ2) is 8.91. The first kappa shape index (κ1) is 19.3. The van der Waals surface area contributed by atoms with Crippen LogP contribution in [0.2, 0.25) is 5.02 Å². The largest absolute Gasteiger partial charge is 0.451 e. The Kier molecular flexibility index (Phi) is 6.62. The first-order valence-electron chi connectivity index (χ1n) is 7.51. The standard InChI is InChI=1S/C17H15ClFN3O4/c1-10(16(24)22-13-4-2-3-12(19)8-13)26-15(23)9-21-17(25)14-7-11(18)5-6-20-14/h2-8,10H,9H2,1H3,(H,21,25)(H,22,24)/t10-/m1/s1. The number of carbonyl (C=O) groups excluding carboxylic acids is 3. The van der Waals surface area contributed by atoms with Crippen LogP contribution in [0.4, 0.5) is 10.1 Å². The molecule has 1 aromatic heterocycles. The van der Waals surface area contributed by atoms with Crippen molar-refractivity contribution in [2.45, 2.75) is 13.0 Å². The summed E-state index contributed by atoms with van der Waals surface area (Å²) in [5, 5.41) is 5.06. The normalized spacial score (nSPS) is 11.3. The highest BCUT2D eigenvalue weighted by Crippen LogP contribution is 2.10. The van der Waals surface area contributed by atoms with Crippen molar-refractivity contribution in [1.82, 2.24) is 10.3 Å². The molecule has 1 heterocycles. The molecule has 2 aromatic rings. The fraction of sp³-hybridized carbons (Fsp3) is 0.176. The number of nitrogens with zero attached hydrogens (tertiary/aromatic N) is 1. The van der Waals surface area contributed by atoms with Gasteiger partial charge < -0.3 is 15.4 Å². The van der Waals surface area contributed by atoms with Crippen LogP contribution in [0, 0.1) is 5.82 Å². The average Bonchev–Trinajstić information content (AvgIpc) is 2.59. The minimum atomic E-state index is -1.13. The number of carbonyl (C=O) groups is 3. The van der Waals surface area contributed by atoms with Crippen LogP contribution in [0.15, 0.2) is 42.6 Å².